The number of rotatable bonds is 3. The van der Waals surface area contributed by atoms with Crippen LogP contribution >= 0.6 is 0 Å². The molecule has 1 N–H and O–H groups in total. The van der Waals surface area contributed by atoms with Crippen molar-refractivity contribution in [1.82, 2.24) is 0 Å². The maximum atomic E-state index is 9.89. The first kappa shape index (κ1) is 11.3. The molecule has 88 valence electrons. The molecule has 2 rings (SSSR count). The lowest BCUT2D eigenvalue weighted by molar-refractivity contribution is 0.163. The molecule has 2 atom stereocenters. The van der Waals surface area contributed by atoms with E-state index in [1.165, 1.54) is 0 Å². The van der Waals surface area contributed by atoms with Crippen molar-refractivity contribution in [3.63, 3.8) is 0 Å². The van der Waals surface area contributed by atoms with Crippen LogP contribution in [0.15, 0.2) is 18.2 Å². The molecule has 0 heterocycles. The van der Waals surface area contributed by atoms with Gasteiger partial charge < -0.3 is 14.6 Å². The molecule has 0 aromatic heterocycles. The van der Waals surface area contributed by atoms with E-state index in [9.17, 15) is 5.11 Å². The van der Waals surface area contributed by atoms with Crippen LogP contribution in [0.1, 0.15) is 30.7 Å². The first-order chi connectivity index (χ1) is 7.74. The van der Waals surface area contributed by atoms with Gasteiger partial charge in [-0.2, -0.15) is 0 Å². The molecule has 0 spiro atoms. The van der Waals surface area contributed by atoms with E-state index in [-0.39, 0.29) is 12.0 Å². The molecule has 16 heavy (non-hydrogen) atoms. The fourth-order valence-corrected chi connectivity index (χ4v) is 2.37. The SMILES string of the molecule is COc1cc(OC)cc([C@H]2CCC[C@@H]2O)c1. The average molecular weight is 222 g/mol. The van der Waals surface area contributed by atoms with E-state index >= 15 is 0 Å². The predicted octanol–water partition coefficient (Wildman–Crippen LogP) is 2.33. The molecular weight excluding hydrogens is 204 g/mol. The van der Waals surface area contributed by atoms with E-state index in [0.717, 1.165) is 36.3 Å². The van der Waals surface area contributed by atoms with E-state index in [0.29, 0.717) is 0 Å². The third-order valence-electron chi connectivity index (χ3n) is 3.28. The molecule has 0 saturated heterocycles. The number of hydrogen-bond acceptors (Lipinski definition) is 3. The smallest absolute Gasteiger partial charge is 0.122 e. The van der Waals surface area contributed by atoms with Crippen LogP contribution in [0.25, 0.3) is 0 Å². The van der Waals surface area contributed by atoms with Gasteiger partial charge in [0.2, 0.25) is 0 Å². The van der Waals surface area contributed by atoms with Gasteiger partial charge in [0.1, 0.15) is 11.5 Å². The molecule has 0 amide bonds. The lowest BCUT2D eigenvalue weighted by atomic mass is 9.95. The van der Waals surface area contributed by atoms with Crippen molar-refractivity contribution in [3.8, 4) is 11.5 Å². The molecule has 1 aromatic carbocycles. The summed E-state index contributed by atoms with van der Waals surface area (Å²) in [5, 5.41) is 9.89. The van der Waals surface area contributed by atoms with Crippen LogP contribution in [0.3, 0.4) is 0 Å². The minimum absolute atomic E-state index is 0.225. The van der Waals surface area contributed by atoms with E-state index in [4.69, 9.17) is 9.47 Å². The highest BCUT2D eigenvalue weighted by Gasteiger charge is 2.27. The number of ether oxygens (including phenoxy) is 2. The van der Waals surface area contributed by atoms with E-state index in [1.54, 1.807) is 14.2 Å². The van der Waals surface area contributed by atoms with Crippen molar-refractivity contribution in [2.45, 2.75) is 31.3 Å². The van der Waals surface area contributed by atoms with Crippen LogP contribution in [-0.2, 0) is 0 Å². The second-order valence-electron chi connectivity index (χ2n) is 4.25. The van der Waals surface area contributed by atoms with Gasteiger partial charge in [0, 0.05) is 12.0 Å². The van der Waals surface area contributed by atoms with Crippen LogP contribution in [0.2, 0.25) is 0 Å². The van der Waals surface area contributed by atoms with Crippen molar-refractivity contribution >= 4 is 0 Å². The third-order valence-corrected chi connectivity index (χ3v) is 3.28. The van der Waals surface area contributed by atoms with Crippen molar-refractivity contribution in [2.75, 3.05) is 14.2 Å². The van der Waals surface area contributed by atoms with E-state index < -0.39 is 0 Å². The van der Waals surface area contributed by atoms with Gasteiger partial charge in [-0.05, 0) is 30.5 Å². The minimum Gasteiger partial charge on any atom is -0.497 e. The fraction of sp³-hybridized carbons (Fsp3) is 0.538. The van der Waals surface area contributed by atoms with E-state index in [2.05, 4.69) is 0 Å². The molecule has 0 aliphatic heterocycles. The van der Waals surface area contributed by atoms with Crippen molar-refractivity contribution in [3.05, 3.63) is 23.8 Å². The van der Waals surface area contributed by atoms with Gasteiger partial charge in [-0.25, -0.2) is 0 Å². The monoisotopic (exact) mass is 222 g/mol. The van der Waals surface area contributed by atoms with Crippen LogP contribution in [0.5, 0.6) is 11.5 Å². The molecule has 1 fully saturated rings. The van der Waals surface area contributed by atoms with Crippen molar-refractivity contribution in [2.24, 2.45) is 0 Å². The van der Waals surface area contributed by atoms with E-state index in [1.807, 2.05) is 18.2 Å². The first-order valence-electron chi connectivity index (χ1n) is 5.65. The number of aliphatic hydroxyl groups is 1. The zero-order valence-electron chi connectivity index (χ0n) is 9.77. The summed E-state index contributed by atoms with van der Waals surface area (Å²) >= 11 is 0. The van der Waals surface area contributed by atoms with Crippen molar-refractivity contribution < 1.29 is 14.6 Å². The zero-order chi connectivity index (χ0) is 11.5. The van der Waals surface area contributed by atoms with Gasteiger partial charge in [-0.3, -0.25) is 0 Å². The summed E-state index contributed by atoms with van der Waals surface area (Å²) in [6.07, 6.45) is 2.80. The van der Waals surface area contributed by atoms with Crippen LogP contribution in [0.4, 0.5) is 0 Å². The highest BCUT2D eigenvalue weighted by Crippen LogP contribution is 2.37. The second-order valence-corrected chi connectivity index (χ2v) is 4.25. The van der Waals surface area contributed by atoms with Crippen LogP contribution in [0, 0.1) is 0 Å². The molecule has 1 aliphatic carbocycles. The Hall–Kier alpha value is -1.22. The molecule has 0 bridgehead atoms. The molecule has 1 saturated carbocycles. The quantitative estimate of drug-likeness (QED) is 0.853. The summed E-state index contributed by atoms with van der Waals surface area (Å²) in [6, 6.07) is 5.83. The van der Waals surface area contributed by atoms with Gasteiger partial charge in [-0.15, -0.1) is 0 Å². The Kier molecular flexibility index (Phi) is 3.34. The summed E-state index contributed by atoms with van der Waals surface area (Å²) in [7, 11) is 3.28. The molecule has 3 nitrogen and oxygen atoms in total. The van der Waals surface area contributed by atoms with Gasteiger partial charge >= 0.3 is 0 Å². The first-order valence-corrected chi connectivity index (χ1v) is 5.65. The van der Waals surface area contributed by atoms with Gasteiger partial charge in [0.15, 0.2) is 0 Å². The molecular formula is C13H18O3. The minimum atomic E-state index is -0.225. The van der Waals surface area contributed by atoms with Gasteiger partial charge in [0.25, 0.3) is 0 Å². The molecule has 0 radical (unpaired) electrons. The van der Waals surface area contributed by atoms with Gasteiger partial charge in [-0.1, -0.05) is 6.42 Å². The standard InChI is InChI=1S/C13H18O3/c1-15-10-6-9(7-11(8-10)16-2)12-4-3-5-13(12)14/h6-8,12-14H,3-5H2,1-2H3/t12-,13+/m1/s1. The molecule has 3 heteroatoms. The number of benzene rings is 1. The summed E-state index contributed by atoms with van der Waals surface area (Å²) in [4.78, 5) is 0. The Morgan fingerprint density at radius 2 is 1.69 bits per heavy atom. The Bertz CT molecular complexity index is 340. The average Bonchev–Trinajstić information content (AvgIpc) is 2.74. The lowest BCUT2D eigenvalue weighted by Crippen LogP contribution is -2.11. The largest absolute Gasteiger partial charge is 0.497 e. The summed E-state index contributed by atoms with van der Waals surface area (Å²) < 4.78 is 10.5. The van der Waals surface area contributed by atoms with Crippen LogP contribution < -0.4 is 9.47 Å². The Morgan fingerprint density at radius 3 is 2.12 bits per heavy atom. The van der Waals surface area contributed by atoms with Crippen LogP contribution in [-0.4, -0.2) is 25.4 Å². The Balaban J connectivity index is 2.31. The molecule has 1 aromatic rings. The summed E-state index contributed by atoms with van der Waals surface area (Å²) in [5.74, 6) is 1.80. The number of methoxy groups -OCH3 is 2. The topological polar surface area (TPSA) is 38.7 Å². The number of hydrogen-bond donors (Lipinski definition) is 1. The molecule has 1 aliphatic rings. The maximum absolute atomic E-state index is 9.89. The fourth-order valence-electron chi connectivity index (χ4n) is 2.37. The highest BCUT2D eigenvalue weighted by molar-refractivity contribution is 5.40. The summed E-state index contributed by atoms with van der Waals surface area (Å²) in [5.41, 5.74) is 1.11. The normalized spacial score (nSPS) is 24.4. The second kappa shape index (κ2) is 4.74. The Morgan fingerprint density at radius 1 is 1.06 bits per heavy atom. The van der Waals surface area contributed by atoms with Crippen molar-refractivity contribution in [1.29, 1.82) is 0 Å². The third kappa shape index (κ3) is 2.14. The number of aliphatic hydroxyl groups excluding tert-OH is 1. The highest BCUT2D eigenvalue weighted by atomic mass is 16.5. The lowest BCUT2D eigenvalue weighted by Gasteiger charge is -2.16. The predicted molar refractivity (Wildman–Crippen MR) is 62.1 cm³/mol. The zero-order valence-corrected chi connectivity index (χ0v) is 9.77. The maximum Gasteiger partial charge on any atom is 0.122 e. The molecule has 0 unspecified atom stereocenters. The summed E-state index contributed by atoms with van der Waals surface area (Å²) in [6.45, 7) is 0. The van der Waals surface area contributed by atoms with Gasteiger partial charge in [0.05, 0.1) is 20.3 Å². The Labute approximate surface area is 96.0 Å².